The van der Waals surface area contributed by atoms with E-state index in [9.17, 15) is 4.79 Å². The van der Waals surface area contributed by atoms with Crippen LogP contribution in [0.1, 0.15) is 22.3 Å². The molecule has 0 spiro atoms. The molecule has 2 aromatic rings. The number of carboxylic acid groups (broad SMARTS) is 1. The molecule has 0 aliphatic rings. The summed E-state index contributed by atoms with van der Waals surface area (Å²) in [5.74, 6) is -0.934. The molecule has 0 heterocycles. The van der Waals surface area contributed by atoms with E-state index in [2.05, 4.69) is 0 Å². The summed E-state index contributed by atoms with van der Waals surface area (Å²) in [7, 11) is 0. The molecule has 0 aliphatic heterocycles. The van der Waals surface area contributed by atoms with E-state index in [-0.39, 0.29) is 0 Å². The van der Waals surface area contributed by atoms with Crippen molar-refractivity contribution < 1.29 is 9.90 Å². The lowest BCUT2D eigenvalue weighted by Crippen LogP contribution is -1.95. The fourth-order valence-corrected chi connectivity index (χ4v) is 1.92. The number of aliphatic carboxylic acids is 1. The van der Waals surface area contributed by atoms with Gasteiger partial charge in [-0.25, -0.2) is 4.79 Å². The fraction of sp³-hybridized carbons (Fsp3) is 0.118. The minimum atomic E-state index is -0.934. The second kappa shape index (κ2) is 5.53. The lowest BCUT2D eigenvalue weighted by molar-refractivity contribution is -0.131. The first kappa shape index (κ1) is 13.1. The summed E-state index contributed by atoms with van der Waals surface area (Å²) in [5, 5.41) is 9.04. The average Bonchev–Trinajstić information content (AvgIpc) is 2.38. The molecule has 0 aromatic heterocycles. The lowest BCUT2D eigenvalue weighted by atomic mass is 9.96. The first-order valence-electron chi connectivity index (χ1n) is 6.15. The van der Waals surface area contributed by atoms with E-state index < -0.39 is 5.97 Å². The third-order valence-electron chi connectivity index (χ3n) is 2.99. The molecule has 2 nitrogen and oxygen atoms in total. The van der Waals surface area contributed by atoms with Crippen LogP contribution in [0.4, 0.5) is 0 Å². The molecule has 19 heavy (non-hydrogen) atoms. The molecule has 0 unspecified atom stereocenters. The van der Waals surface area contributed by atoms with Gasteiger partial charge in [-0.1, -0.05) is 59.7 Å². The second-order valence-electron chi connectivity index (χ2n) is 4.63. The molecule has 96 valence electrons. The first-order valence-corrected chi connectivity index (χ1v) is 6.15. The van der Waals surface area contributed by atoms with Crippen molar-refractivity contribution >= 4 is 11.5 Å². The van der Waals surface area contributed by atoms with Crippen LogP contribution in [-0.4, -0.2) is 11.1 Å². The SMILES string of the molecule is Cc1ccc(C(=CC(=O)O)c2ccc(C)cc2)cc1. The topological polar surface area (TPSA) is 37.3 Å². The minimum absolute atomic E-state index is 0.729. The lowest BCUT2D eigenvalue weighted by Gasteiger charge is -2.08. The molecule has 0 aliphatic carbocycles. The number of hydrogen-bond donors (Lipinski definition) is 1. The molecule has 0 amide bonds. The number of rotatable bonds is 3. The maximum atomic E-state index is 11.0. The molecule has 0 radical (unpaired) electrons. The summed E-state index contributed by atoms with van der Waals surface area (Å²) in [6.07, 6.45) is 1.26. The maximum absolute atomic E-state index is 11.0. The monoisotopic (exact) mass is 252 g/mol. The summed E-state index contributed by atoms with van der Waals surface area (Å²) in [6.45, 7) is 4.02. The van der Waals surface area contributed by atoms with Crippen molar-refractivity contribution in [1.82, 2.24) is 0 Å². The van der Waals surface area contributed by atoms with Gasteiger partial charge in [-0.05, 0) is 30.5 Å². The van der Waals surface area contributed by atoms with Gasteiger partial charge in [-0.15, -0.1) is 0 Å². The van der Waals surface area contributed by atoms with E-state index in [0.29, 0.717) is 0 Å². The summed E-state index contributed by atoms with van der Waals surface area (Å²) >= 11 is 0. The van der Waals surface area contributed by atoms with Crippen LogP contribution in [0.2, 0.25) is 0 Å². The summed E-state index contributed by atoms with van der Waals surface area (Å²) in [4.78, 5) is 11.0. The standard InChI is InChI=1S/C17H16O2/c1-12-3-7-14(8-4-12)16(11-17(18)19)15-9-5-13(2)6-10-15/h3-11H,1-2H3,(H,18,19). The van der Waals surface area contributed by atoms with E-state index in [1.807, 2.05) is 62.4 Å². The van der Waals surface area contributed by atoms with Crippen LogP contribution in [0, 0.1) is 13.8 Å². The molecule has 0 fully saturated rings. The van der Waals surface area contributed by atoms with Crippen LogP contribution in [0.15, 0.2) is 54.6 Å². The van der Waals surface area contributed by atoms with Gasteiger partial charge >= 0.3 is 5.97 Å². The van der Waals surface area contributed by atoms with E-state index >= 15 is 0 Å². The van der Waals surface area contributed by atoms with Gasteiger partial charge in [0.1, 0.15) is 0 Å². The Morgan fingerprint density at radius 3 is 1.53 bits per heavy atom. The minimum Gasteiger partial charge on any atom is -0.478 e. The molecule has 0 saturated carbocycles. The van der Waals surface area contributed by atoms with E-state index in [4.69, 9.17) is 5.11 Å². The summed E-state index contributed by atoms with van der Waals surface area (Å²) in [6, 6.07) is 15.7. The average molecular weight is 252 g/mol. The highest BCUT2D eigenvalue weighted by Gasteiger charge is 2.07. The maximum Gasteiger partial charge on any atom is 0.328 e. The van der Waals surface area contributed by atoms with E-state index in [1.165, 1.54) is 6.08 Å². The zero-order chi connectivity index (χ0) is 13.8. The predicted molar refractivity (Wildman–Crippen MR) is 77.1 cm³/mol. The Balaban J connectivity index is 2.50. The van der Waals surface area contributed by atoms with Crippen molar-refractivity contribution in [1.29, 1.82) is 0 Å². The van der Waals surface area contributed by atoms with Crippen molar-refractivity contribution in [3.8, 4) is 0 Å². The van der Waals surface area contributed by atoms with Gasteiger partial charge in [0.2, 0.25) is 0 Å². The van der Waals surface area contributed by atoms with Crippen molar-refractivity contribution in [3.05, 3.63) is 76.9 Å². The Bertz CT molecular complexity index is 557. The Morgan fingerprint density at radius 1 is 0.842 bits per heavy atom. The Morgan fingerprint density at radius 2 is 1.21 bits per heavy atom. The second-order valence-corrected chi connectivity index (χ2v) is 4.63. The van der Waals surface area contributed by atoms with Crippen LogP contribution >= 0.6 is 0 Å². The summed E-state index contributed by atoms with van der Waals surface area (Å²) < 4.78 is 0. The van der Waals surface area contributed by atoms with Crippen LogP contribution in [0.5, 0.6) is 0 Å². The molecule has 2 rings (SSSR count). The fourth-order valence-electron chi connectivity index (χ4n) is 1.92. The van der Waals surface area contributed by atoms with Crippen molar-refractivity contribution in [2.45, 2.75) is 13.8 Å². The number of carboxylic acids is 1. The van der Waals surface area contributed by atoms with Crippen LogP contribution in [-0.2, 0) is 4.79 Å². The van der Waals surface area contributed by atoms with E-state index in [0.717, 1.165) is 27.8 Å². The zero-order valence-electron chi connectivity index (χ0n) is 11.1. The number of benzene rings is 2. The van der Waals surface area contributed by atoms with Gasteiger partial charge < -0.3 is 5.11 Å². The molecule has 1 N–H and O–H groups in total. The third kappa shape index (κ3) is 3.32. The smallest absolute Gasteiger partial charge is 0.328 e. The quantitative estimate of drug-likeness (QED) is 0.843. The van der Waals surface area contributed by atoms with Crippen LogP contribution in [0.25, 0.3) is 5.57 Å². The highest BCUT2D eigenvalue weighted by molar-refractivity contribution is 5.95. The van der Waals surface area contributed by atoms with E-state index in [1.54, 1.807) is 0 Å². The number of hydrogen-bond acceptors (Lipinski definition) is 1. The number of carbonyl (C=O) groups is 1. The van der Waals surface area contributed by atoms with Gasteiger partial charge in [0.05, 0.1) is 0 Å². The Hall–Kier alpha value is -2.35. The van der Waals surface area contributed by atoms with Crippen molar-refractivity contribution in [2.75, 3.05) is 0 Å². The van der Waals surface area contributed by atoms with Crippen molar-refractivity contribution in [2.24, 2.45) is 0 Å². The van der Waals surface area contributed by atoms with Crippen LogP contribution < -0.4 is 0 Å². The normalized spacial score (nSPS) is 10.0. The first-order chi connectivity index (χ1) is 9.06. The highest BCUT2D eigenvalue weighted by atomic mass is 16.4. The molecule has 2 heteroatoms. The Labute approximate surface area is 113 Å². The van der Waals surface area contributed by atoms with Crippen molar-refractivity contribution in [3.63, 3.8) is 0 Å². The molecule has 0 saturated heterocycles. The van der Waals surface area contributed by atoms with Crippen LogP contribution in [0.3, 0.4) is 0 Å². The zero-order valence-corrected chi connectivity index (χ0v) is 11.1. The predicted octanol–water partition coefficient (Wildman–Crippen LogP) is 3.82. The Kier molecular flexibility index (Phi) is 3.81. The van der Waals surface area contributed by atoms with Gasteiger partial charge in [-0.2, -0.15) is 0 Å². The molecular weight excluding hydrogens is 236 g/mol. The third-order valence-corrected chi connectivity index (χ3v) is 2.99. The molecule has 0 bridgehead atoms. The van der Waals surface area contributed by atoms with Gasteiger partial charge in [0.25, 0.3) is 0 Å². The summed E-state index contributed by atoms with van der Waals surface area (Å²) in [5.41, 5.74) is 4.87. The molecular formula is C17H16O2. The van der Waals surface area contributed by atoms with Gasteiger partial charge in [0, 0.05) is 6.08 Å². The highest BCUT2D eigenvalue weighted by Crippen LogP contribution is 2.24. The van der Waals surface area contributed by atoms with Gasteiger partial charge in [0.15, 0.2) is 0 Å². The molecule has 2 aromatic carbocycles. The number of aryl methyl sites for hydroxylation is 2. The molecule has 0 atom stereocenters. The van der Waals surface area contributed by atoms with Gasteiger partial charge in [-0.3, -0.25) is 0 Å². The largest absolute Gasteiger partial charge is 0.478 e.